The monoisotopic (exact) mass is 590 g/mol. The Balaban J connectivity index is 1.31. The van der Waals surface area contributed by atoms with Crippen LogP contribution in [0.2, 0.25) is 0 Å². The maximum absolute atomic E-state index is 13.7. The average Bonchev–Trinajstić information content (AvgIpc) is 3.41. The number of nitrogens with zero attached hydrogens (tertiary/aromatic N) is 5. The number of amides is 4. The Morgan fingerprint density at radius 1 is 0.951 bits per heavy atom. The number of thiazole rings is 1. The van der Waals surface area contributed by atoms with E-state index in [9.17, 15) is 19.2 Å². The second-order valence-electron chi connectivity index (χ2n) is 11.7. The molecule has 3 fully saturated rings. The van der Waals surface area contributed by atoms with Crippen LogP contribution in [0.15, 0.2) is 6.20 Å². The van der Waals surface area contributed by atoms with Crippen LogP contribution in [0.5, 0.6) is 0 Å². The van der Waals surface area contributed by atoms with E-state index in [1.54, 1.807) is 4.90 Å². The van der Waals surface area contributed by atoms with Gasteiger partial charge in [-0.2, -0.15) is 0 Å². The quantitative estimate of drug-likeness (QED) is 0.346. The van der Waals surface area contributed by atoms with E-state index in [0.717, 1.165) is 49.8 Å². The number of carbonyl (C=O) groups excluding carboxylic acids is 4. The number of ether oxygens (including phenoxy) is 1. The SMILES string of the molecule is CCCC(=O)N1CCC(N(C(=O)Nc2ncc(CN3CCN(C(=O)CC(=O)OC)CC3)s2)C2CCC(C)CC2)CC1. The number of nitrogens with one attached hydrogen (secondary N) is 1. The van der Waals surface area contributed by atoms with Crippen LogP contribution in [-0.4, -0.2) is 107 Å². The first-order chi connectivity index (χ1) is 19.8. The zero-order valence-electron chi connectivity index (χ0n) is 24.8. The van der Waals surface area contributed by atoms with Gasteiger partial charge in [0.25, 0.3) is 0 Å². The second-order valence-corrected chi connectivity index (χ2v) is 12.8. The van der Waals surface area contributed by atoms with Crippen LogP contribution in [0.1, 0.15) is 76.5 Å². The summed E-state index contributed by atoms with van der Waals surface area (Å²) in [6.07, 6.45) is 8.96. The van der Waals surface area contributed by atoms with Gasteiger partial charge < -0.3 is 19.4 Å². The average molecular weight is 591 g/mol. The van der Waals surface area contributed by atoms with Crippen molar-refractivity contribution in [3.63, 3.8) is 0 Å². The number of carbonyl (C=O) groups is 4. The zero-order valence-corrected chi connectivity index (χ0v) is 25.6. The Kier molecular flexibility index (Phi) is 11.4. The molecule has 2 aliphatic heterocycles. The number of anilines is 1. The summed E-state index contributed by atoms with van der Waals surface area (Å²) in [4.78, 5) is 63.4. The number of methoxy groups -OCH3 is 1. The van der Waals surface area contributed by atoms with Crippen molar-refractivity contribution in [2.24, 2.45) is 5.92 Å². The number of esters is 1. The van der Waals surface area contributed by atoms with Crippen molar-refractivity contribution in [2.75, 3.05) is 51.7 Å². The number of urea groups is 1. The molecule has 0 spiro atoms. The lowest BCUT2D eigenvalue weighted by Crippen LogP contribution is -2.54. The number of rotatable bonds is 9. The molecule has 1 aromatic heterocycles. The maximum atomic E-state index is 13.7. The van der Waals surface area contributed by atoms with E-state index in [-0.39, 0.29) is 36.3 Å². The summed E-state index contributed by atoms with van der Waals surface area (Å²) in [6, 6.07) is 0.255. The first-order valence-electron chi connectivity index (χ1n) is 15.2. The van der Waals surface area contributed by atoms with Gasteiger partial charge >= 0.3 is 12.0 Å². The largest absolute Gasteiger partial charge is 0.469 e. The van der Waals surface area contributed by atoms with Gasteiger partial charge in [-0.1, -0.05) is 13.8 Å². The van der Waals surface area contributed by atoms with Crippen LogP contribution in [0.25, 0.3) is 0 Å². The van der Waals surface area contributed by atoms with Gasteiger partial charge in [0, 0.05) is 75.4 Å². The van der Waals surface area contributed by atoms with Gasteiger partial charge in [0.15, 0.2) is 5.13 Å². The number of hydrogen-bond donors (Lipinski definition) is 1. The first-order valence-corrected chi connectivity index (χ1v) is 16.0. The molecule has 3 heterocycles. The summed E-state index contributed by atoms with van der Waals surface area (Å²) in [5.41, 5.74) is 0. The molecule has 0 unspecified atom stereocenters. The zero-order chi connectivity index (χ0) is 29.4. The number of piperidine rings is 1. The third-order valence-electron chi connectivity index (χ3n) is 8.68. The van der Waals surface area contributed by atoms with E-state index >= 15 is 0 Å². The van der Waals surface area contributed by atoms with Crippen LogP contribution in [0.3, 0.4) is 0 Å². The predicted octanol–water partition coefficient (Wildman–Crippen LogP) is 3.55. The van der Waals surface area contributed by atoms with Crippen molar-refractivity contribution in [1.29, 1.82) is 0 Å². The number of piperazine rings is 1. The van der Waals surface area contributed by atoms with Gasteiger partial charge in [-0.05, 0) is 50.9 Å². The van der Waals surface area contributed by atoms with Crippen molar-refractivity contribution in [1.82, 2.24) is 24.6 Å². The fourth-order valence-electron chi connectivity index (χ4n) is 6.19. The first kappa shape index (κ1) is 31.2. The van der Waals surface area contributed by atoms with E-state index < -0.39 is 5.97 Å². The van der Waals surface area contributed by atoms with Gasteiger partial charge in [0.1, 0.15) is 6.42 Å². The molecule has 4 amide bonds. The molecular weight excluding hydrogens is 544 g/mol. The van der Waals surface area contributed by atoms with E-state index in [0.29, 0.717) is 63.3 Å². The van der Waals surface area contributed by atoms with Gasteiger partial charge in [0.05, 0.1) is 7.11 Å². The lowest BCUT2D eigenvalue weighted by Gasteiger charge is -2.44. The molecule has 1 aliphatic carbocycles. The molecule has 0 bridgehead atoms. The predicted molar refractivity (Wildman–Crippen MR) is 157 cm³/mol. The second kappa shape index (κ2) is 14.9. The third kappa shape index (κ3) is 8.64. The lowest BCUT2D eigenvalue weighted by molar-refractivity contribution is -0.147. The van der Waals surface area contributed by atoms with Gasteiger partial charge in [-0.15, -0.1) is 11.3 Å². The number of hydrogen-bond acceptors (Lipinski definition) is 8. The molecule has 0 atom stereocenters. The molecule has 1 N–H and O–H groups in total. The Bertz CT molecular complexity index is 1040. The van der Waals surface area contributed by atoms with Crippen molar-refractivity contribution in [3.8, 4) is 0 Å². The van der Waals surface area contributed by atoms with Crippen LogP contribution < -0.4 is 5.32 Å². The standard InChI is InChI=1S/C29H46N6O5S/c1-4-5-25(36)33-12-10-23(11-13-33)35(22-8-6-21(2)7-9-22)29(39)31-28-30-19-24(41-28)20-32-14-16-34(17-15-32)26(37)18-27(38)40-3/h19,21-23H,4-18,20H2,1-3H3,(H,30,31,39). The summed E-state index contributed by atoms with van der Waals surface area (Å²) < 4.78 is 4.60. The van der Waals surface area contributed by atoms with E-state index in [4.69, 9.17) is 0 Å². The molecule has 1 aromatic rings. The van der Waals surface area contributed by atoms with E-state index in [1.165, 1.54) is 18.4 Å². The van der Waals surface area contributed by atoms with Gasteiger partial charge in [-0.25, -0.2) is 9.78 Å². The fourth-order valence-corrected chi connectivity index (χ4v) is 7.04. The third-order valence-corrected chi connectivity index (χ3v) is 9.58. The molecule has 41 heavy (non-hydrogen) atoms. The van der Waals surface area contributed by atoms with Crippen LogP contribution in [0, 0.1) is 5.92 Å². The summed E-state index contributed by atoms with van der Waals surface area (Å²) in [6.45, 7) is 8.98. The molecule has 0 aromatic carbocycles. The molecule has 2 saturated heterocycles. The molecule has 1 saturated carbocycles. The van der Waals surface area contributed by atoms with Crippen molar-refractivity contribution in [2.45, 2.75) is 90.3 Å². The molecular formula is C29H46N6O5S. The topological polar surface area (TPSA) is 115 Å². The highest BCUT2D eigenvalue weighted by Crippen LogP contribution is 2.32. The summed E-state index contributed by atoms with van der Waals surface area (Å²) >= 11 is 1.49. The molecule has 3 aliphatic rings. The minimum atomic E-state index is -0.513. The van der Waals surface area contributed by atoms with Gasteiger partial charge in [0.2, 0.25) is 11.8 Å². The van der Waals surface area contributed by atoms with Crippen LogP contribution in [-0.2, 0) is 25.7 Å². The van der Waals surface area contributed by atoms with Crippen LogP contribution >= 0.6 is 11.3 Å². The highest BCUT2D eigenvalue weighted by Gasteiger charge is 2.36. The Hall–Kier alpha value is -2.73. The number of aromatic nitrogens is 1. The normalized spacial score (nSPS) is 22.3. The van der Waals surface area contributed by atoms with Crippen LogP contribution in [0.4, 0.5) is 9.93 Å². The van der Waals surface area contributed by atoms with E-state index in [2.05, 4.69) is 31.8 Å². The highest BCUT2D eigenvalue weighted by molar-refractivity contribution is 7.15. The molecule has 4 rings (SSSR count). The Morgan fingerprint density at radius 2 is 1.59 bits per heavy atom. The summed E-state index contributed by atoms with van der Waals surface area (Å²) in [7, 11) is 1.29. The maximum Gasteiger partial charge on any atom is 0.324 e. The van der Waals surface area contributed by atoms with Crippen molar-refractivity contribution >= 4 is 40.3 Å². The number of likely N-dealkylation sites (tertiary alicyclic amines) is 1. The molecule has 11 nitrogen and oxygen atoms in total. The lowest BCUT2D eigenvalue weighted by atomic mass is 9.85. The highest BCUT2D eigenvalue weighted by atomic mass is 32.1. The summed E-state index contributed by atoms with van der Waals surface area (Å²) in [5.74, 6) is 0.201. The Labute approximate surface area is 247 Å². The van der Waals surface area contributed by atoms with Gasteiger partial charge in [-0.3, -0.25) is 24.6 Å². The minimum absolute atomic E-state index is 0.0819. The molecule has 228 valence electrons. The minimum Gasteiger partial charge on any atom is -0.469 e. The molecule has 12 heteroatoms. The van der Waals surface area contributed by atoms with Crippen molar-refractivity contribution < 1.29 is 23.9 Å². The summed E-state index contributed by atoms with van der Waals surface area (Å²) in [5, 5.41) is 3.70. The smallest absolute Gasteiger partial charge is 0.324 e. The van der Waals surface area contributed by atoms with E-state index in [1.807, 2.05) is 18.0 Å². The Morgan fingerprint density at radius 3 is 2.22 bits per heavy atom. The van der Waals surface area contributed by atoms with Crippen molar-refractivity contribution in [3.05, 3.63) is 11.1 Å². The molecule has 0 radical (unpaired) electrons. The fraction of sp³-hybridized carbons (Fsp3) is 0.759.